The predicted octanol–water partition coefficient (Wildman–Crippen LogP) is 4.35. The number of carbonyl (C=O) groups excluding carboxylic acids is 1. The number of carbonyl (C=O) groups is 1. The number of halogens is 1. The number of para-hydroxylation sites is 1. The van der Waals surface area contributed by atoms with Crippen LogP contribution in [-0.4, -0.2) is 38.9 Å². The Morgan fingerprint density at radius 1 is 1.21 bits per heavy atom. The molecule has 0 radical (unpaired) electrons. The summed E-state index contributed by atoms with van der Waals surface area (Å²) >= 11 is 6.30. The van der Waals surface area contributed by atoms with Gasteiger partial charge in [0.15, 0.2) is 0 Å². The summed E-state index contributed by atoms with van der Waals surface area (Å²) in [6.07, 6.45) is 3.84. The van der Waals surface area contributed by atoms with Gasteiger partial charge in [-0.3, -0.25) is 9.10 Å². The van der Waals surface area contributed by atoms with Crippen molar-refractivity contribution in [1.82, 2.24) is 4.90 Å². The predicted molar refractivity (Wildman–Crippen MR) is 115 cm³/mol. The van der Waals surface area contributed by atoms with Crippen LogP contribution in [0.2, 0.25) is 5.02 Å². The first-order valence-corrected chi connectivity index (χ1v) is 11.9. The minimum Gasteiger partial charge on any atom is -0.338 e. The molecule has 2 aromatic rings. The molecule has 0 saturated heterocycles. The van der Waals surface area contributed by atoms with E-state index in [0.717, 1.165) is 31.4 Å². The molecule has 4 rings (SSSR count). The monoisotopic (exact) mass is 432 g/mol. The van der Waals surface area contributed by atoms with E-state index in [2.05, 4.69) is 0 Å². The van der Waals surface area contributed by atoms with Crippen LogP contribution in [0.1, 0.15) is 42.1 Å². The average Bonchev–Trinajstić information content (AvgIpc) is 3.42. The third-order valence-electron chi connectivity index (χ3n) is 5.55. The first-order valence-electron chi connectivity index (χ1n) is 10.1. The Bertz CT molecular complexity index is 1030. The van der Waals surface area contributed by atoms with Gasteiger partial charge in [0.05, 0.1) is 10.7 Å². The summed E-state index contributed by atoms with van der Waals surface area (Å²) in [7, 11) is -3.86. The van der Waals surface area contributed by atoms with Crippen LogP contribution in [0.15, 0.2) is 47.4 Å². The molecule has 1 amide bonds. The van der Waals surface area contributed by atoms with Crippen LogP contribution in [0, 0.1) is 5.92 Å². The van der Waals surface area contributed by atoms with Crippen molar-refractivity contribution in [3.8, 4) is 0 Å². The number of hydrogen-bond acceptors (Lipinski definition) is 3. The molecule has 29 heavy (non-hydrogen) atoms. The number of anilines is 1. The number of nitrogens with zero attached hydrogens (tertiary/aromatic N) is 2. The summed E-state index contributed by atoms with van der Waals surface area (Å²) < 4.78 is 28.2. The maximum atomic E-state index is 13.4. The molecule has 1 saturated carbocycles. The fourth-order valence-corrected chi connectivity index (χ4v) is 5.86. The molecular formula is C22H25ClN2O3S. The standard InChI is InChI=1S/C22H25ClN2O3S/c1-2-12-24(15-16-7-8-16)22(26)18-9-10-19(23)21(14-18)29(27,28)25-13-11-17-5-3-4-6-20(17)25/h3-6,9-10,14,16H,2,7-8,11-13,15H2,1H3. The van der Waals surface area contributed by atoms with Crippen molar-refractivity contribution in [1.29, 1.82) is 0 Å². The zero-order valence-electron chi connectivity index (χ0n) is 16.5. The normalized spacial score (nSPS) is 16.0. The van der Waals surface area contributed by atoms with Crippen LogP contribution in [-0.2, 0) is 16.4 Å². The van der Waals surface area contributed by atoms with Gasteiger partial charge in [0.2, 0.25) is 0 Å². The Morgan fingerprint density at radius 2 is 1.97 bits per heavy atom. The van der Waals surface area contributed by atoms with Crippen molar-refractivity contribution < 1.29 is 13.2 Å². The summed E-state index contributed by atoms with van der Waals surface area (Å²) in [6, 6.07) is 12.1. The molecule has 154 valence electrons. The summed E-state index contributed by atoms with van der Waals surface area (Å²) in [4.78, 5) is 14.9. The van der Waals surface area contributed by atoms with Gasteiger partial charge < -0.3 is 4.90 Å². The van der Waals surface area contributed by atoms with Crippen LogP contribution in [0.4, 0.5) is 5.69 Å². The molecule has 0 atom stereocenters. The van der Waals surface area contributed by atoms with Gasteiger partial charge in [0, 0.05) is 25.2 Å². The van der Waals surface area contributed by atoms with Gasteiger partial charge in [-0.05, 0) is 61.4 Å². The van der Waals surface area contributed by atoms with E-state index >= 15 is 0 Å². The van der Waals surface area contributed by atoms with E-state index < -0.39 is 10.0 Å². The second-order valence-corrected chi connectivity index (χ2v) is 10.0. The van der Waals surface area contributed by atoms with E-state index in [-0.39, 0.29) is 15.8 Å². The summed E-state index contributed by atoms with van der Waals surface area (Å²) in [6.45, 7) is 3.81. The second-order valence-electron chi connectivity index (χ2n) is 7.80. The molecule has 2 aliphatic rings. The second kappa shape index (κ2) is 8.00. The number of amides is 1. The van der Waals surface area contributed by atoms with Crippen molar-refractivity contribution in [2.75, 3.05) is 23.9 Å². The molecule has 1 aliphatic carbocycles. The first kappa shape index (κ1) is 20.2. The number of rotatable bonds is 7. The fraction of sp³-hybridized carbons (Fsp3) is 0.409. The molecule has 0 bridgehead atoms. The van der Waals surface area contributed by atoms with Crippen molar-refractivity contribution in [3.63, 3.8) is 0 Å². The smallest absolute Gasteiger partial charge is 0.265 e. The Labute approximate surface area is 177 Å². The summed E-state index contributed by atoms with van der Waals surface area (Å²) in [5.74, 6) is 0.441. The highest BCUT2D eigenvalue weighted by atomic mass is 35.5. The lowest BCUT2D eigenvalue weighted by Gasteiger charge is -2.23. The highest BCUT2D eigenvalue weighted by Gasteiger charge is 2.33. The highest BCUT2D eigenvalue weighted by Crippen LogP contribution is 2.35. The summed E-state index contributed by atoms with van der Waals surface area (Å²) in [5.41, 5.74) is 2.05. The molecule has 0 N–H and O–H groups in total. The minimum absolute atomic E-state index is 0.00964. The van der Waals surface area contributed by atoms with Crippen LogP contribution >= 0.6 is 11.6 Å². The zero-order chi connectivity index (χ0) is 20.6. The Morgan fingerprint density at radius 3 is 2.69 bits per heavy atom. The molecule has 2 aromatic carbocycles. The van der Waals surface area contributed by atoms with Crippen LogP contribution < -0.4 is 4.31 Å². The quantitative estimate of drug-likeness (QED) is 0.653. The number of fused-ring (bicyclic) bond motifs is 1. The van der Waals surface area contributed by atoms with E-state index in [1.54, 1.807) is 12.1 Å². The van der Waals surface area contributed by atoms with E-state index in [4.69, 9.17) is 11.6 Å². The molecule has 1 heterocycles. The van der Waals surface area contributed by atoms with E-state index in [1.165, 1.54) is 16.4 Å². The van der Waals surface area contributed by atoms with Crippen molar-refractivity contribution >= 4 is 33.2 Å². The SMILES string of the molecule is CCCN(CC1CC1)C(=O)c1ccc(Cl)c(S(=O)(=O)N2CCc3ccccc32)c1. The van der Waals surface area contributed by atoms with Crippen LogP contribution in [0.3, 0.4) is 0 Å². The van der Waals surface area contributed by atoms with Gasteiger partial charge in [-0.2, -0.15) is 0 Å². The molecule has 1 aliphatic heterocycles. The van der Waals surface area contributed by atoms with E-state index in [1.807, 2.05) is 30.0 Å². The third-order valence-corrected chi connectivity index (χ3v) is 7.84. The fourth-order valence-electron chi connectivity index (χ4n) is 3.85. The first-order chi connectivity index (χ1) is 13.9. The molecule has 5 nitrogen and oxygen atoms in total. The average molecular weight is 433 g/mol. The van der Waals surface area contributed by atoms with Gasteiger partial charge in [0.1, 0.15) is 4.90 Å². The highest BCUT2D eigenvalue weighted by molar-refractivity contribution is 7.93. The lowest BCUT2D eigenvalue weighted by molar-refractivity contribution is 0.0747. The van der Waals surface area contributed by atoms with Gasteiger partial charge in [-0.1, -0.05) is 36.7 Å². The van der Waals surface area contributed by atoms with Gasteiger partial charge in [-0.15, -0.1) is 0 Å². The van der Waals surface area contributed by atoms with Crippen molar-refractivity contribution in [3.05, 3.63) is 58.6 Å². The minimum atomic E-state index is -3.86. The Balaban J connectivity index is 1.67. The lowest BCUT2D eigenvalue weighted by Crippen LogP contribution is -2.34. The number of benzene rings is 2. The lowest BCUT2D eigenvalue weighted by atomic mass is 10.2. The van der Waals surface area contributed by atoms with Gasteiger partial charge in [-0.25, -0.2) is 8.42 Å². The largest absolute Gasteiger partial charge is 0.338 e. The molecule has 0 unspecified atom stereocenters. The number of hydrogen-bond donors (Lipinski definition) is 0. The van der Waals surface area contributed by atoms with Gasteiger partial charge in [0.25, 0.3) is 15.9 Å². The van der Waals surface area contributed by atoms with E-state index in [0.29, 0.717) is 36.7 Å². The zero-order valence-corrected chi connectivity index (χ0v) is 18.0. The Kier molecular flexibility index (Phi) is 5.58. The van der Waals surface area contributed by atoms with Gasteiger partial charge >= 0.3 is 0 Å². The Hall–Kier alpha value is -2.05. The topological polar surface area (TPSA) is 57.7 Å². The van der Waals surface area contributed by atoms with Crippen molar-refractivity contribution in [2.24, 2.45) is 5.92 Å². The van der Waals surface area contributed by atoms with Crippen molar-refractivity contribution in [2.45, 2.75) is 37.5 Å². The number of sulfonamides is 1. The molecule has 7 heteroatoms. The molecule has 1 fully saturated rings. The molecular weight excluding hydrogens is 408 g/mol. The maximum absolute atomic E-state index is 13.4. The maximum Gasteiger partial charge on any atom is 0.265 e. The van der Waals surface area contributed by atoms with E-state index in [9.17, 15) is 13.2 Å². The third kappa shape index (κ3) is 4.01. The molecule has 0 spiro atoms. The molecule has 0 aromatic heterocycles. The van der Waals surface area contributed by atoms with Crippen LogP contribution in [0.5, 0.6) is 0 Å². The summed E-state index contributed by atoms with van der Waals surface area (Å²) in [5, 5.41) is 0.134. The van der Waals surface area contributed by atoms with Crippen LogP contribution in [0.25, 0.3) is 0 Å².